The molecule has 0 aliphatic rings. The van der Waals surface area contributed by atoms with Crippen LogP contribution < -0.4 is 5.73 Å². The van der Waals surface area contributed by atoms with Crippen LogP contribution in [0.5, 0.6) is 0 Å². The van der Waals surface area contributed by atoms with Crippen molar-refractivity contribution in [2.45, 2.75) is 32.2 Å². The first-order valence-electron chi connectivity index (χ1n) is 6.45. The lowest BCUT2D eigenvalue weighted by molar-refractivity contribution is 0.492. The topological polar surface area (TPSA) is 56.7 Å². The summed E-state index contributed by atoms with van der Waals surface area (Å²) in [6.45, 7) is 4.82. The number of rotatable bonds is 5. The number of aromatic nitrogens is 3. The minimum Gasteiger partial charge on any atom is -0.330 e. The highest BCUT2D eigenvalue weighted by Crippen LogP contribution is 2.22. The Morgan fingerprint density at radius 3 is 2.53 bits per heavy atom. The Morgan fingerprint density at radius 1 is 1.26 bits per heavy atom. The molecule has 0 spiro atoms. The third-order valence-electron chi connectivity index (χ3n) is 3.19. The van der Waals surface area contributed by atoms with Gasteiger partial charge in [0.2, 0.25) is 0 Å². The monoisotopic (exact) mass is 322 g/mol. The summed E-state index contributed by atoms with van der Waals surface area (Å²) in [6.07, 6.45) is 2.43. The van der Waals surface area contributed by atoms with Crippen molar-refractivity contribution in [2.75, 3.05) is 6.54 Å². The molecule has 0 fully saturated rings. The van der Waals surface area contributed by atoms with Crippen LogP contribution in [-0.2, 0) is 6.42 Å². The number of nitrogens with two attached hydrogens (primary N) is 1. The zero-order chi connectivity index (χ0) is 13.8. The third-order valence-corrected chi connectivity index (χ3v) is 3.72. The summed E-state index contributed by atoms with van der Waals surface area (Å²) >= 11 is 3.45. The van der Waals surface area contributed by atoms with Gasteiger partial charge in [0, 0.05) is 22.9 Å². The van der Waals surface area contributed by atoms with Crippen molar-refractivity contribution in [3.8, 4) is 0 Å². The summed E-state index contributed by atoms with van der Waals surface area (Å²) < 4.78 is 3.04. The minimum atomic E-state index is 0.273. The zero-order valence-corrected chi connectivity index (χ0v) is 12.8. The molecule has 1 aromatic carbocycles. The molecule has 2 rings (SSSR count). The van der Waals surface area contributed by atoms with Crippen LogP contribution in [0.1, 0.15) is 37.2 Å². The maximum absolute atomic E-state index is 5.92. The van der Waals surface area contributed by atoms with Crippen molar-refractivity contribution in [1.82, 2.24) is 14.8 Å². The molecule has 0 amide bonds. The molecule has 5 heteroatoms. The molecule has 1 atom stereocenters. The van der Waals surface area contributed by atoms with Gasteiger partial charge in [0.1, 0.15) is 12.2 Å². The van der Waals surface area contributed by atoms with E-state index >= 15 is 0 Å². The predicted octanol–water partition coefficient (Wildman–Crippen LogP) is 2.91. The van der Waals surface area contributed by atoms with Gasteiger partial charge < -0.3 is 5.73 Å². The Morgan fingerprint density at radius 2 is 1.95 bits per heavy atom. The van der Waals surface area contributed by atoms with Crippen LogP contribution in [0.3, 0.4) is 0 Å². The number of benzene rings is 1. The summed E-state index contributed by atoms with van der Waals surface area (Å²) in [4.78, 5) is 4.36. The molecule has 0 aliphatic carbocycles. The van der Waals surface area contributed by atoms with Crippen molar-refractivity contribution in [3.63, 3.8) is 0 Å². The average molecular weight is 323 g/mol. The largest absolute Gasteiger partial charge is 0.330 e. The lowest BCUT2D eigenvalue weighted by Crippen LogP contribution is -2.18. The highest BCUT2D eigenvalue weighted by atomic mass is 79.9. The molecule has 19 heavy (non-hydrogen) atoms. The molecule has 0 radical (unpaired) electrons. The van der Waals surface area contributed by atoms with E-state index in [1.54, 1.807) is 6.33 Å². The van der Waals surface area contributed by atoms with Gasteiger partial charge in [-0.3, -0.25) is 0 Å². The van der Waals surface area contributed by atoms with Gasteiger partial charge in [0.15, 0.2) is 0 Å². The van der Waals surface area contributed by atoms with Crippen LogP contribution >= 0.6 is 15.9 Å². The SMILES string of the molecule is CC(C)n1ncnc1CC(CN)c1ccc(Br)cc1. The van der Waals surface area contributed by atoms with E-state index in [1.807, 2.05) is 16.8 Å². The highest BCUT2D eigenvalue weighted by molar-refractivity contribution is 9.10. The van der Waals surface area contributed by atoms with E-state index in [0.29, 0.717) is 12.6 Å². The van der Waals surface area contributed by atoms with Gasteiger partial charge in [0.05, 0.1) is 0 Å². The molecular formula is C14H19BrN4. The van der Waals surface area contributed by atoms with Gasteiger partial charge in [-0.25, -0.2) is 9.67 Å². The standard InChI is InChI=1S/C14H19BrN4/c1-10(2)19-14(17-9-18-19)7-12(8-16)11-3-5-13(15)6-4-11/h3-6,9-10,12H,7-8,16H2,1-2H3. The van der Waals surface area contributed by atoms with E-state index < -0.39 is 0 Å². The van der Waals surface area contributed by atoms with Crippen LogP contribution in [0.25, 0.3) is 0 Å². The molecule has 0 saturated carbocycles. The predicted molar refractivity (Wildman–Crippen MR) is 80.0 cm³/mol. The Kier molecular flexibility index (Phi) is 4.71. The van der Waals surface area contributed by atoms with Crippen molar-refractivity contribution in [2.24, 2.45) is 5.73 Å². The lowest BCUT2D eigenvalue weighted by atomic mass is 9.95. The van der Waals surface area contributed by atoms with Gasteiger partial charge >= 0.3 is 0 Å². The zero-order valence-electron chi connectivity index (χ0n) is 11.3. The quantitative estimate of drug-likeness (QED) is 0.920. The Balaban J connectivity index is 2.19. The summed E-state index contributed by atoms with van der Waals surface area (Å²) in [5.41, 5.74) is 7.16. The molecule has 2 N–H and O–H groups in total. The van der Waals surface area contributed by atoms with E-state index in [0.717, 1.165) is 16.7 Å². The molecule has 2 aromatic rings. The van der Waals surface area contributed by atoms with Gasteiger partial charge in [-0.2, -0.15) is 5.10 Å². The molecular weight excluding hydrogens is 304 g/mol. The normalized spacial score (nSPS) is 12.9. The minimum absolute atomic E-state index is 0.273. The van der Waals surface area contributed by atoms with Crippen molar-refractivity contribution >= 4 is 15.9 Å². The maximum atomic E-state index is 5.92. The molecule has 0 aliphatic heterocycles. The Bertz CT molecular complexity index is 518. The average Bonchev–Trinajstić information content (AvgIpc) is 2.85. The van der Waals surface area contributed by atoms with Crippen LogP contribution in [0.2, 0.25) is 0 Å². The van der Waals surface area contributed by atoms with Gasteiger partial charge in [-0.15, -0.1) is 0 Å². The maximum Gasteiger partial charge on any atom is 0.138 e. The highest BCUT2D eigenvalue weighted by Gasteiger charge is 2.15. The second-order valence-corrected chi connectivity index (χ2v) is 5.82. The fourth-order valence-corrected chi connectivity index (χ4v) is 2.41. The fourth-order valence-electron chi connectivity index (χ4n) is 2.14. The van der Waals surface area contributed by atoms with Crippen molar-refractivity contribution < 1.29 is 0 Å². The van der Waals surface area contributed by atoms with Crippen molar-refractivity contribution in [3.05, 3.63) is 46.5 Å². The first kappa shape index (κ1) is 14.2. The number of hydrogen-bond acceptors (Lipinski definition) is 3. The number of hydrogen-bond donors (Lipinski definition) is 1. The second-order valence-electron chi connectivity index (χ2n) is 4.90. The van der Waals surface area contributed by atoms with Crippen LogP contribution in [0.15, 0.2) is 35.1 Å². The van der Waals surface area contributed by atoms with E-state index in [4.69, 9.17) is 5.73 Å². The Labute approximate surface area is 122 Å². The molecule has 1 heterocycles. The summed E-state index contributed by atoms with van der Waals surface area (Å²) in [6, 6.07) is 8.63. The van der Waals surface area contributed by atoms with E-state index in [2.05, 4.69) is 52.0 Å². The van der Waals surface area contributed by atoms with Gasteiger partial charge in [-0.05, 0) is 38.1 Å². The smallest absolute Gasteiger partial charge is 0.138 e. The van der Waals surface area contributed by atoms with E-state index in [-0.39, 0.29) is 5.92 Å². The van der Waals surface area contributed by atoms with E-state index in [1.165, 1.54) is 5.56 Å². The lowest BCUT2D eigenvalue weighted by Gasteiger charge is -2.16. The molecule has 0 bridgehead atoms. The number of halogens is 1. The van der Waals surface area contributed by atoms with Crippen LogP contribution in [-0.4, -0.2) is 21.3 Å². The van der Waals surface area contributed by atoms with Gasteiger partial charge in [0.25, 0.3) is 0 Å². The van der Waals surface area contributed by atoms with Gasteiger partial charge in [-0.1, -0.05) is 28.1 Å². The summed E-state index contributed by atoms with van der Waals surface area (Å²) in [5.74, 6) is 1.27. The second kappa shape index (κ2) is 6.30. The molecule has 0 saturated heterocycles. The van der Waals surface area contributed by atoms with E-state index in [9.17, 15) is 0 Å². The summed E-state index contributed by atoms with van der Waals surface area (Å²) in [7, 11) is 0. The third kappa shape index (κ3) is 3.42. The fraction of sp³-hybridized carbons (Fsp3) is 0.429. The van der Waals surface area contributed by atoms with Crippen molar-refractivity contribution in [1.29, 1.82) is 0 Å². The first-order chi connectivity index (χ1) is 9.11. The van der Waals surface area contributed by atoms with Crippen LogP contribution in [0, 0.1) is 0 Å². The Hall–Kier alpha value is -1.20. The molecule has 102 valence electrons. The first-order valence-corrected chi connectivity index (χ1v) is 7.25. The molecule has 4 nitrogen and oxygen atoms in total. The molecule has 1 aromatic heterocycles. The number of nitrogens with zero attached hydrogens (tertiary/aromatic N) is 3. The molecule has 1 unspecified atom stereocenters. The van der Waals surface area contributed by atoms with Crippen LogP contribution in [0.4, 0.5) is 0 Å². The summed E-state index contributed by atoms with van der Waals surface area (Å²) in [5, 5.41) is 4.27.